The maximum Gasteiger partial charge on any atom is 0.407 e. The predicted octanol–water partition coefficient (Wildman–Crippen LogP) is 5.46. The first-order chi connectivity index (χ1) is 17.8. The summed E-state index contributed by atoms with van der Waals surface area (Å²) in [5, 5.41) is 22.9. The zero-order valence-electron chi connectivity index (χ0n) is 22.8. The van der Waals surface area contributed by atoms with Crippen molar-refractivity contribution in [1.29, 1.82) is 5.26 Å². The third kappa shape index (κ3) is 7.90. The van der Waals surface area contributed by atoms with Crippen LogP contribution in [0, 0.1) is 30.0 Å². The van der Waals surface area contributed by atoms with Gasteiger partial charge in [0.1, 0.15) is 11.7 Å². The van der Waals surface area contributed by atoms with Crippen LogP contribution in [0.1, 0.15) is 59.1 Å². The van der Waals surface area contributed by atoms with Gasteiger partial charge in [-0.3, -0.25) is 4.98 Å². The Labute approximate surface area is 222 Å². The van der Waals surface area contributed by atoms with E-state index in [9.17, 15) is 10.1 Å². The van der Waals surface area contributed by atoms with Crippen molar-refractivity contribution in [2.75, 3.05) is 10.6 Å². The smallest absolute Gasteiger partial charge is 0.407 e. The van der Waals surface area contributed by atoms with Gasteiger partial charge in [-0.15, -0.1) is 0 Å². The van der Waals surface area contributed by atoms with E-state index in [-0.39, 0.29) is 29.2 Å². The second kappa shape index (κ2) is 11.9. The number of nitriles is 1. The number of alkyl carbamates (subject to hydrolysis) is 1. The normalized spacial score (nSPS) is 12.9. The number of anilines is 3. The molecule has 1 amide bonds. The summed E-state index contributed by atoms with van der Waals surface area (Å²) in [4.78, 5) is 21.0. The number of hydrogen-bond donors (Lipinski definition) is 3. The van der Waals surface area contributed by atoms with Crippen molar-refractivity contribution in [3.8, 4) is 11.8 Å². The highest BCUT2D eigenvalue weighted by Crippen LogP contribution is 2.26. The van der Waals surface area contributed by atoms with E-state index in [4.69, 9.17) is 4.74 Å². The molecule has 0 saturated heterocycles. The molecule has 3 aromatic rings. The number of hydrogen-bond acceptors (Lipinski definition) is 8. The van der Waals surface area contributed by atoms with Crippen LogP contribution in [0.2, 0.25) is 0 Å². The van der Waals surface area contributed by atoms with Gasteiger partial charge in [0.05, 0.1) is 35.5 Å². The second-order valence-electron chi connectivity index (χ2n) is 10.7. The molecule has 0 aliphatic carbocycles. The average Bonchev–Trinajstić information content (AvgIpc) is 3.25. The monoisotopic (exact) mass is 522 g/mol. The van der Waals surface area contributed by atoms with Crippen molar-refractivity contribution < 1.29 is 13.9 Å². The van der Waals surface area contributed by atoms with Crippen molar-refractivity contribution in [3.63, 3.8) is 0 Å². The topological polar surface area (TPSA) is 130 Å². The number of carbonyl (C=O) groups is 1. The Morgan fingerprint density at radius 1 is 1.18 bits per heavy atom. The number of pyridine rings is 2. The minimum Gasteiger partial charge on any atom is -0.444 e. The fourth-order valence-corrected chi connectivity index (χ4v) is 3.75. The third-order valence-electron chi connectivity index (χ3n) is 5.45. The Kier molecular flexibility index (Phi) is 8.88. The van der Waals surface area contributed by atoms with E-state index in [1.165, 1.54) is 0 Å². The summed E-state index contributed by atoms with van der Waals surface area (Å²) in [5.74, 6) is -0.303. The van der Waals surface area contributed by atoms with E-state index >= 15 is 4.39 Å². The number of nitrogens with one attached hydrogen (secondary N) is 3. The summed E-state index contributed by atoms with van der Waals surface area (Å²) in [5.41, 5.74) is 1.65. The lowest BCUT2D eigenvalue weighted by Crippen LogP contribution is -2.47. The fraction of sp³-hybridized carbons (Fsp3) is 0.444. The van der Waals surface area contributed by atoms with E-state index in [0.29, 0.717) is 17.8 Å². The maximum absolute atomic E-state index is 15.0. The first-order valence-electron chi connectivity index (χ1n) is 12.4. The molecule has 202 valence electrons. The molecule has 3 heterocycles. The molecule has 38 heavy (non-hydrogen) atoms. The van der Waals surface area contributed by atoms with Crippen LogP contribution in [0.5, 0.6) is 0 Å². The zero-order chi connectivity index (χ0) is 28.0. The molecule has 11 heteroatoms. The van der Waals surface area contributed by atoms with Gasteiger partial charge in [0.15, 0.2) is 17.5 Å². The van der Waals surface area contributed by atoms with E-state index < -0.39 is 23.6 Å². The van der Waals surface area contributed by atoms with Crippen LogP contribution in [-0.2, 0) is 4.74 Å². The minimum absolute atomic E-state index is 0.0359. The summed E-state index contributed by atoms with van der Waals surface area (Å²) in [6.07, 6.45) is 6.89. The highest BCUT2D eigenvalue weighted by atomic mass is 19.1. The van der Waals surface area contributed by atoms with Crippen LogP contribution in [0.3, 0.4) is 0 Å². The molecule has 3 rings (SSSR count). The van der Waals surface area contributed by atoms with E-state index in [2.05, 4.69) is 31.0 Å². The van der Waals surface area contributed by atoms with Crippen molar-refractivity contribution in [2.24, 2.45) is 5.92 Å². The predicted molar refractivity (Wildman–Crippen MR) is 144 cm³/mol. The lowest BCUT2D eigenvalue weighted by atomic mass is 9.98. The highest BCUT2D eigenvalue weighted by molar-refractivity contribution is 5.68. The SMILES string of the molecule is Cc1cnn(-c2cncc(Nc3nc(N[C@H](CC(C)C)[C@H](C)NC(=O)OC(C)(C)C)c(F)cc3C#N)c2)c1. The van der Waals surface area contributed by atoms with Crippen molar-refractivity contribution in [1.82, 2.24) is 25.1 Å². The molecule has 3 aromatic heterocycles. The lowest BCUT2D eigenvalue weighted by molar-refractivity contribution is 0.0501. The largest absolute Gasteiger partial charge is 0.444 e. The number of rotatable bonds is 9. The molecule has 0 spiro atoms. The number of halogens is 1. The van der Waals surface area contributed by atoms with Gasteiger partial charge in [-0.05, 0) is 64.7 Å². The Morgan fingerprint density at radius 3 is 2.53 bits per heavy atom. The van der Waals surface area contributed by atoms with Crippen LogP contribution < -0.4 is 16.0 Å². The second-order valence-corrected chi connectivity index (χ2v) is 10.7. The standard InChI is InChI=1S/C27H35FN8O2/c1-16(2)8-23(18(4)32-26(37)38-27(5,6)7)34-25-22(28)9-19(11-29)24(35-25)33-20-10-21(14-30-13-20)36-15-17(3)12-31-36/h9-10,12-16,18,23H,8H2,1-7H3,(H,32,37)(H2,33,34,35)/t18-,23+/m0/s1. The van der Waals surface area contributed by atoms with Gasteiger partial charge < -0.3 is 20.7 Å². The van der Waals surface area contributed by atoms with Crippen LogP contribution in [0.15, 0.2) is 36.9 Å². The molecular formula is C27H35FN8O2. The van der Waals surface area contributed by atoms with Gasteiger partial charge in [-0.1, -0.05) is 13.8 Å². The van der Waals surface area contributed by atoms with Gasteiger partial charge in [0, 0.05) is 18.3 Å². The molecule has 0 aliphatic rings. The molecular weight excluding hydrogens is 487 g/mol. The average molecular weight is 523 g/mol. The molecule has 10 nitrogen and oxygen atoms in total. The van der Waals surface area contributed by atoms with Gasteiger partial charge in [-0.25, -0.2) is 18.9 Å². The third-order valence-corrected chi connectivity index (χ3v) is 5.45. The first-order valence-corrected chi connectivity index (χ1v) is 12.4. The van der Waals surface area contributed by atoms with Crippen molar-refractivity contribution >= 4 is 23.4 Å². The van der Waals surface area contributed by atoms with Crippen molar-refractivity contribution in [3.05, 3.63) is 53.9 Å². The fourth-order valence-electron chi connectivity index (χ4n) is 3.75. The van der Waals surface area contributed by atoms with Crippen LogP contribution >= 0.6 is 0 Å². The van der Waals surface area contributed by atoms with Gasteiger partial charge in [-0.2, -0.15) is 10.4 Å². The Balaban J connectivity index is 1.86. The van der Waals surface area contributed by atoms with Gasteiger partial charge >= 0.3 is 6.09 Å². The number of nitrogens with zero attached hydrogens (tertiary/aromatic N) is 5. The molecule has 0 unspecified atom stereocenters. The molecule has 0 aliphatic heterocycles. The number of ether oxygens (including phenoxy) is 1. The molecule has 0 aromatic carbocycles. The van der Waals surface area contributed by atoms with Crippen LogP contribution in [0.25, 0.3) is 5.69 Å². The molecule has 3 N–H and O–H groups in total. The highest BCUT2D eigenvalue weighted by Gasteiger charge is 2.25. The zero-order valence-corrected chi connectivity index (χ0v) is 22.8. The molecule has 0 fully saturated rings. The minimum atomic E-state index is -0.677. The van der Waals surface area contributed by atoms with E-state index in [0.717, 1.165) is 11.6 Å². The Morgan fingerprint density at radius 2 is 1.92 bits per heavy atom. The number of aryl methyl sites for hydroxylation is 1. The number of aromatic nitrogens is 4. The summed E-state index contributed by atoms with van der Waals surface area (Å²) < 4.78 is 22.1. The van der Waals surface area contributed by atoms with Crippen LogP contribution in [-0.4, -0.2) is 43.5 Å². The first kappa shape index (κ1) is 28.4. The number of amides is 1. The maximum atomic E-state index is 15.0. The summed E-state index contributed by atoms with van der Waals surface area (Å²) in [6.45, 7) is 13.2. The molecule has 2 atom stereocenters. The molecule has 0 saturated carbocycles. The summed E-state index contributed by atoms with van der Waals surface area (Å²) >= 11 is 0. The number of carbonyl (C=O) groups excluding carboxylic acids is 1. The summed E-state index contributed by atoms with van der Waals surface area (Å²) in [7, 11) is 0. The lowest BCUT2D eigenvalue weighted by Gasteiger charge is -2.29. The summed E-state index contributed by atoms with van der Waals surface area (Å²) in [6, 6.07) is 4.15. The molecule has 0 bridgehead atoms. The van der Waals surface area contributed by atoms with Gasteiger partial charge in [0.2, 0.25) is 0 Å². The quantitative estimate of drug-likeness (QED) is 0.338. The van der Waals surface area contributed by atoms with Crippen LogP contribution in [0.4, 0.5) is 26.5 Å². The van der Waals surface area contributed by atoms with Gasteiger partial charge in [0.25, 0.3) is 0 Å². The van der Waals surface area contributed by atoms with Crippen molar-refractivity contribution in [2.45, 2.75) is 72.6 Å². The Hall–Kier alpha value is -4.20. The van der Waals surface area contributed by atoms with E-state index in [1.807, 2.05) is 40.0 Å². The molecule has 0 radical (unpaired) electrons. The van der Waals surface area contributed by atoms with E-state index in [1.54, 1.807) is 50.1 Å². The Bertz CT molecular complexity index is 1310.